The molecular formula is C26H25N5O3. The summed E-state index contributed by atoms with van der Waals surface area (Å²) < 4.78 is 7.62. The summed E-state index contributed by atoms with van der Waals surface area (Å²) >= 11 is 0. The Balaban J connectivity index is 1.36. The van der Waals surface area contributed by atoms with E-state index in [1.54, 1.807) is 25.4 Å². The molecule has 1 aromatic heterocycles. The Morgan fingerprint density at radius 2 is 2.03 bits per heavy atom. The first kappa shape index (κ1) is 20.5. The summed E-state index contributed by atoms with van der Waals surface area (Å²) in [5, 5.41) is 4.45. The lowest BCUT2D eigenvalue weighted by Crippen LogP contribution is -2.54. The van der Waals surface area contributed by atoms with Crippen molar-refractivity contribution < 1.29 is 14.4 Å². The third-order valence-corrected chi connectivity index (χ3v) is 6.77. The maximum Gasteiger partial charge on any atom is 0.318 e. The lowest BCUT2D eigenvalue weighted by atomic mass is 9.95. The second-order valence-corrected chi connectivity index (χ2v) is 8.81. The molecule has 1 atom stereocenters. The molecule has 0 N–H and O–H groups in total. The van der Waals surface area contributed by atoms with Crippen LogP contribution in [0.5, 0.6) is 5.75 Å². The van der Waals surface area contributed by atoms with Gasteiger partial charge in [0.15, 0.2) is 5.84 Å². The molecule has 3 aromatic rings. The Kier molecular flexibility index (Phi) is 4.52. The van der Waals surface area contributed by atoms with E-state index in [1.165, 1.54) is 0 Å². The number of carbonyl (C=O) groups excluding carboxylic acids is 1. The van der Waals surface area contributed by atoms with Crippen molar-refractivity contribution in [3.63, 3.8) is 0 Å². The number of aromatic nitrogens is 2. The molecule has 172 valence electrons. The van der Waals surface area contributed by atoms with Crippen molar-refractivity contribution in [2.45, 2.75) is 25.5 Å². The number of para-hydroxylation sites is 1. The number of ether oxygens (including phenoxy) is 1. The van der Waals surface area contributed by atoms with Crippen molar-refractivity contribution in [3.05, 3.63) is 77.4 Å². The average Bonchev–Trinajstić information content (AvgIpc) is 3.53. The molecule has 6 rings (SSSR count). The van der Waals surface area contributed by atoms with Gasteiger partial charge in [0.05, 0.1) is 36.1 Å². The number of imidazole rings is 1. The zero-order valence-electron chi connectivity index (χ0n) is 19.4. The largest absolute Gasteiger partial charge is 0.495 e. The van der Waals surface area contributed by atoms with E-state index in [-0.39, 0.29) is 5.91 Å². The molecule has 0 radical (unpaired) electrons. The van der Waals surface area contributed by atoms with E-state index in [4.69, 9.17) is 9.57 Å². The number of hydrogen-bond donors (Lipinski definition) is 0. The maximum absolute atomic E-state index is 13.4. The number of benzene rings is 2. The lowest BCUT2D eigenvalue weighted by Gasteiger charge is -2.36. The van der Waals surface area contributed by atoms with Gasteiger partial charge in [-0.1, -0.05) is 29.4 Å². The monoisotopic (exact) mass is 455 g/mol. The minimum atomic E-state index is -1.22. The summed E-state index contributed by atoms with van der Waals surface area (Å²) in [6.07, 6.45) is 7.60. The highest BCUT2D eigenvalue weighted by Gasteiger charge is 2.61. The van der Waals surface area contributed by atoms with E-state index in [0.717, 1.165) is 58.2 Å². The van der Waals surface area contributed by atoms with Crippen molar-refractivity contribution >= 4 is 23.5 Å². The highest BCUT2D eigenvalue weighted by Crippen LogP contribution is 2.49. The van der Waals surface area contributed by atoms with Crippen LogP contribution < -0.4 is 9.64 Å². The number of nitrogens with zero attached hydrogens (tertiary/aromatic N) is 5. The molecule has 3 aliphatic rings. The molecule has 3 aliphatic heterocycles. The molecule has 8 nitrogen and oxygen atoms in total. The van der Waals surface area contributed by atoms with Crippen molar-refractivity contribution in [3.8, 4) is 11.4 Å². The van der Waals surface area contributed by atoms with Crippen LogP contribution in [0.15, 0.2) is 65.7 Å². The van der Waals surface area contributed by atoms with Crippen LogP contribution in [0.4, 0.5) is 5.69 Å². The second kappa shape index (κ2) is 7.48. The molecule has 1 amide bonds. The molecule has 0 bridgehead atoms. The fraction of sp³-hybridized carbons (Fsp3) is 0.269. The summed E-state index contributed by atoms with van der Waals surface area (Å²) in [6, 6.07) is 13.8. The summed E-state index contributed by atoms with van der Waals surface area (Å²) in [7, 11) is 3.45. The lowest BCUT2D eigenvalue weighted by molar-refractivity contribution is -0.157. The van der Waals surface area contributed by atoms with Crippen LogP contribution in [0.3, 0.4) is 0 Å². The van der Waals surface area contributed by atoms with E-state index in [0.29, 0.717) is 6.54 Å². The fourth-order valence-corrected chi connectivity index (χ4v) is 5.13. The van der Waals surface area contributed by atoms with Gasteiger partial charge < -0.3 is 23.9 Å². The van der Waals surface area contributed by atoms with Gasteiger partial charge in [-0.05, 0) is 55.2 Å². The molecule has 4 heterocycles. The topological polar surface area (TPSA) is 72.2 Å². The van der Waals surface area contributed by atoms with Crippen molar-refractivity contribution in [1.82, 2.24) is 14.5 Å². The van der Waals surface area contributed by atoms with E-state index >= 15 is 0 Å². The first-order valence-electron chi connectivity index (χ1n) is 11.3. The van der Waals surface area contributed by atoms with Gasteiger partial charge >= 0.3 is 5.72 Å². The van der Waals surface area contributed by atoms with Gasteiger partial charge in [-0.25, -0.2) is 4.98 Å². The third kappa shape index (κ3) is 2.81. The molecular weight excluding hydrogens is 430 g/mol. The average molecular weight is 456 g/mol. The number of aryl methyl sites for hydroxylation is 1. The summed E-state index contributed by atoms with van der Waals surface area (Å²) in [4.78, 5) is 27.4. The van der Waals surface area contributed by atoms with Gasteiger partial charge in [-0.3, -0.25) is 4.79 Å². The van der Waals surface area contributed by atoms with E-state index in [2.05, 4.69) is 22.3 Å². The molecule has 2 aromatic carbocycles. The normalized spacial score (nSPS) is 22.1. The van der Waals surface area contributed by atoms with Gasteiger partial charge in [0, 0.05) is 19.8 Å². The zero-order chi connectivity index (χ0) is 23.4. The Morgan fingerprint density at radius 1 is 1.18 bits per heavy atom. The number of hydrogen-bond acceptors (Lipinski definition) is 6. The Hall–Kier alpha value is -4.07. The standard InChI is InChI=1S/C26H25N5O3/c1-17-15-30(16-27-17)22-11-10-18(14-23(22)33-3)13-19-7-6-12-31-24(19)28-34-26(31)20-8-4-5-9-21(20)29(2)25(26)32/h4-5,8-11,13-16H,6-7,12H2,1-3H3. The highest BCUT2D eigenvalue weighted by molar-refractivity contribution is 6.12. The molecule has 0 saturated carbocycles. The predicted molar refractivity (Wildman–Crippen MR) is 129 cm³/mol. The molecule has 8 heteroatoms. The minimum absolute atomic E-state index is 0.115. The van der Waals surface area contributed by atoms with Gasteiger partial charge in [0.1, 0.15) is 5.75 Å². The molecule has 34 heavy (non-hydrogen) atoms. The summed E-state index contributed by atoms with van der Waals surface area (Å²) in [5.41, 5.74) is 4.37. The van der Waals surface area contributed by atoms with Crippen LogP contribution in [0.25, 0.3) is 11.8 Å². The van der Waals surface area contributed by atoms with E-state index in [9.17, 15) is 4.79 Å². The minimum Gasteiger partial charge on any atom is -0.495 e. The van der Waals surface area contributed by atoms with Gasteiger partial charge in [-0.15, -0.1) is 0 Å². The SMILES string of the molecule is COc1cc(C=C2CCCN3C2=NOC32C(=O)N(C)c3ccccc32)ccc1-n1cnc(C)c1. The van der Waals surface area contributed by atoms with E-state index < -0.39 is 5.72 Å². The van der Waals surface area contributed by atoms with Crippen molar-refractivity contribution in [2.24, 2.45) is 5.16 Å². The fourth-order valence-electron chi connectivity index (χ4n) is 5.13. The molecule has 1 saturated heterocycles. The number of amides is 1. The van der Waals surface area contributed by atoms with Crippen LogP contribution in [0.1, 0.15) is 29.7 Å². The number of carbonyl (C=O) groups is 1. The summed E-state index contributed by atoms with van der Waals surface area (Å²) in [6.45, 7) is 2.66. The van der Waals surface area contributed by atoms with Crippen LogP contribution in [0.2, 0.25) is 0 Å². The highest BCUT2D eigenvalue weighted by atomic mass is 16.7. The number of methoxy groups -OCH3 is 1. The Morgan fingerprint density at radius 3 is 2.82 bits per heavy atom. The maximum atomic E-state index is 13.4. The Labute approximate surface area is 197 Å². The smallest absolute Gasteiger partial charge is 0.318 e. The number of rotatable bonds is 3. The molecule has 1 spiro atoms. The first-order chi connectivity index (χ1) is 16.5. The van der Waals surface area contributed by atoms with E-state index in [1.807, 2.05) is 59.0 Å². The zero-order valence-corrected chi connectivity index (χ0v) is 19.4. The van der Waals surface area contributed by atoms with Crippen LogP contribution in [-0.2, 0) is 15.4 Å². The van der Waals surface area contributed by atoms with Gasteiger partial charge in [0.25, 0.3) is 5.91 Å². The molecule has 1 fully saturated rings. The van der Waals surface area contributed by atoms with Gasteiger partial charge in [-0.2, -0.15) is 0 Å². The second-order valence-electron chi connectivity index (χ2n) is 8.81. The summed E-state index contributed by atoms with van der Waals surface area (Å²) in [5.74, 6) is 1.36. The third-order valence-electron chi connectivity index (χ3n) is 6.77. The van der Waals surface area contributed by atoms with Crippen LogP contribution in [0, 0.1) is 6.92 Å². The number of amidine groups is 1. The van der Waals surface area contributed by atoms with Crippen LogP contribution >= 0.6 is 0 Å². The van der Waals surface area contributed by atoms with Crippen molar-refractivity contribution in [1.29, 1.82) is 0 Å². The van der Waals surface area contributed by atoms with Crippen LogP contribution in [-0.4, -0.2) is 46.9 Å². The molecule has 1 unspecified atom stereocenters. The number of fused-ring (bicyclic) bond motifs is 4. The number of oxime groups is 1. The first-order valence-corrected chi connectivity index (χ1v) is 11.3. The number of likely N-dealkylation sites (N-methyl/N-ethyl adjacent to an activating group) is 1. The quantitative estimate of drug-likeness (QED) is 0.600. The number of anilines is 1. The van der Waals surface area contributed by atoms with Crippen molar-refractivity contribution in [2.75, 3.05) is 25.6 Å². The van der Waals surface area contributed by atoms with Gasteiger partial charge in [0.2, 0.25) is 0 Å². The molecule has 0 aliphatic carbocycles. The Bertz CT molecular complexity index is 1370. The predicted octanol–water partition coefficient (Wildman–Crippen LogP) is 3.84. The number of piperidine rings is 1.